The van der Waals surface area contributed by atoms with Crippen LogP contribution in [0.5, 0.6) is 11.5 Å². The largest absolute Gasteiger partial charge is 0.508 e. The number of fused-ring (bicyclic) bond motifs is 1. The maximum absolute atomic E-state index is 12.5. The normalized spacial score (nSPS) is 31.1. The summed E-state index contributed by atoms with van der Waals surface area (Å²) in [5.41, 5.74) is -2.73. The van der Waals surface area contributed by atoms with Crippen molar-refractivity contribution in [1.29, 1.82) is 0 Å². The summed E-state index contributed by atoms with van der Waals surface area (Å²) in [6.45, 7) is 1.25. The number of benzene rings is 1. The van der Waals surface area contributed by atoms with Gasteiger partial charge in [-0.2, -0.15) is 0 Å². The van der Waals surface area contributed by atoms with Gasteiger partial charge in [-0.05, 0) is 13.0 Å². The predicted molar refractivity (Wildman–Crippen MR) is 72.7 cm³/mol. The average Bonchev–Trinajstić information content (AvgIpc) is 2.41. The lowest BCUT2D eigenvalue weighted by Gasteiger charge is -2.40. The Bertz CT molecular complexity index is 745. The summed E-state index contributed by atoms with van der Waals surface area (Å²) in [7, 11) is 0. The molecule has 0 aliphatic heterocycles. The highest BCUT2D eigenvalue weighted by Gasteiger charge is 2.50. The van der Waals surface area contributed by atoms with Crippen LogP contribution in [0.2, 0.25) is 0 Å². The van der Waals surface area contributed by atoms with Crippen molar-refractivity contribution in [3.05, 3.63) is 34.4 Å². The summed E-state index contributed by atoms with van der Waals surface area (Å²) in [5.74, 6) is -2.45. The molecular weight excluding hydrogens is 292 g/mol. The van der Waals surface area contributed by atoms with E-state index < -0.39 is 35.1 Å². The van der Waals surface area contributed by atoms with Crippen molar-refractivity contribution in [1.82, 2.24) is 0 Å². The second kappa shape index (κ2) is 4.39. The van der Waals surface area contributed by atoms with Crippen molar-refractivity contribution in [2.75, 3.05) is 0 Å². The van der Waals surface area contributed by atoms with Gasteiger partial charge in [-0.1, -0.05) is 0 Å². The first kappa shape index (κ1) is 14.7. The third kappa shape index (κ3) is 1.80. The van der Waals surface area contributed by atoms with Gasteiger partial charge in [0.05, 0.1) is 11.2 Å². The highest BCUT2D eigenvalue weighted by atomic mass is 16.4. The fraction of sp³-hybridized carbons (Fsp3) is 0.333. The molecule has 0 amide bonds. The minimum atomic E-state index is -1.77. The Morgan fingerprint density at radius 1 is 1.14 bits per heavy atom. The standard InChI is InChI=1S/C15H14O7/c1-15(22)4-7-10(13(20)14(15)21)12(19)9-6(11(7)18)2-5(16)3-8(9)17/h2-3,13-14,16-17,20-22H,4H2,1H3/t13-,14+,15-/m0/s1. The molecule has 1 aromatic rings. The Labute approximate surface area is 124 Å². The number of Topliss-reactive ketones (excluding diaryl/α,β-unsaturated/α-hetero) is 2. The Morgan fingerprint density at radius 2 is 1.77 bits per heavy atom. The average molecular weight is 306 g/mol. The van der Waals surface area contributed by atoms with E-state index in [9.17, 15) is 35.1 Å². The van der Waals surface area contributed by atoms with E-state index in [0.29, 0.717) is 0 Å². The molecule has 5 N–H and O–H groups in total. The molecule has 0 spiro atoms. The lowest BCUT2D eigenvalue weighted by molar-refractivity contribution is -0.111. The van der Waals surface area contributed by atoms with Crippen molar-refractivity contribution in [3.8, 4) is 11.5 Å². The molecule has 116 valence electrons. The zero-order valence-corrected chi connectivity index (χ0v) is 11.6. The van der Waals surface area contributed by atoms with Gasteiger partial charge < -0.3 is 25.5 Å². The zero-order chi connectivity index (χ0) is 16.4. The van der Waals surface area contributed by atoms with Crippen molar-refractivity contribution in [2.24, 2.45) is 0 Å². The van der Waals surface area contributed by atoms with Crippen LogP contribution in [-0.4, -0.2) is 54.9 Å². The van der Waals surface area contributed by atoms with Crippen LogP contribution >= 0.6 is 0 Å². The highest BCUT2D eigenvalue weighted by Crippen LogP contribution is 2.42. The summed E-state index contributed by atoms with van der Waals surface area (Å²) in [5, 5.41) is 49.4. The first-order chi connectivity index (χ1) is 10.1. The lowest BCUT2D eigenvalue weighted by Crippen LogP contribution is -2.54. The molecule has 1 aromatic carbocycles. The van der Waals surface area contributed by atoms with Crippen LogP contribution in [0.4, 0.5) is 0 Å². The van der Waals surface area contributed by atoms with Gasteiger partial charge in [0.15, 0.2) is 11.6 Å². The monoisotopic (exact) mass is 306 g/mol. The van der Waals surface area contributed by atoms with Crippen LogP contribution in [0.3, 0.4) is 0 Å². The predicted octanol–water partition coefficient (Wildman–Crippen LogP) is -0.350. The number of aliphatic hydroxyl groups excluding tert-OH is 2. The number of hydrogen-bond acceptors (Lipinski definition) is 7. The van der Waals surface area contributed by atoms with Crippen molar-refractivity contribution in [3.63, 3.8) is 0 Å². The van der Waals surface area contributed by atoms with Gasteiger partial charge in [0.2, 0.25) is 0 Å². The van der Waals surface area contributed by atoms with Crippen LogP contribution in [0.15, 0.2) is 23.3 Å². The number of phenolic OH excluding ortho intramolecular Hbond substituents is 2. The minimum Gasteiger partial charge on any atom is -0.508 e. The SMILES string of the molecule is C[C@]1(O)CC2=C(C(=O)c3c(O)cc(O)cc3C2=O)[C@H](O)[C@H]1O. The Kier molecular flexibility index (Phi) is 2.93. The molecule has 2 aliphatic carbocycles. The zero-order valence-electron chi connectivity index (χ0n) is 11.6. The molecule has 0 fully saturated rings. The molecule has 0 saturated carbocycles. The van der Waals surface area contributed by atoms with Gasteiger partial charge in [0, 0.05) is 29.2 Å². The van der Waals surface area contributed by atoms with Gasteiger partial charge in [-0.25, -0.2) is 0 Å². The van der Waals surface area contributed by atoms with E-state index in [1.54, 1.807) is 0 Å². The van der Waals surface area contributed by atoms with Crippen LogP contribution in [0.25, 0.3) is 0 Å². The fourth-order valence-electron chi connectivity index (χ4n) is 3.03. The maximum Gasteiger partial charge on any atom is 0.196 e. The number of carbonyl (C=O) groups is 2. The van der Waals surface area contributed by atoms with Gasteiger partial charge in [-0.3, -0.25) is 9.59 Å². The van der Waals surface area contributed by atoms with E-state index in [0.717, 1.165) is 12.1 Å². The lowest BCUT2D eigenvalue weighted by atomic mass is 9.70. The van der Waals surface area contributed by atoms with Gasteiger partial charge in [0.25, 0.3) is 0 Å². The summed E-state index contributed by atoms with van der Waals surface area (Å²) in [6.07, 6.45) is -3.69. The minimum absolute atomic E-state index is 0.120. The second-order valence-corrected chi connectivity index (χ2v) is 5.86. The van der Waals surface area contributed by atoms with E-state index in [4.69, 9.17) is 0 Å². The Balaban J connectivity index is 2.26. The Morgan fingerprint density at radius 3 is 2.41 bits per heavy atom. The van der Waals surface area contributed by atoms with Gasteiger partial charge in [0.1, 0.15) is 23.7 Å². The molecule has 0 aromatic heterocycles. The van der Waals surface area contributed by atoms with E-state index >= 15 is 0 Å². The number of carbonyl (C=O) groups excluding carboxylic acids is 2. The summed E-state index contributed by atoms with van der Waals surface area (Å²) < 4.78 is 0. The molecule has 7 nitrogen and oxygen atoms in total. The third-order valence-electron chi connectivity index (χ3n) is 4.18. The number of phenols is 2. The number of ketones is 2. The maximum atomic E-state index is 12.5. The molecule has 0 saturated heterocycles. The fourth-order valence-corrected chi connectivity index (χ4v) is 3.03. The topological polar surface area (TPSA) is 135 Å². The number of rotatable bonds is 0. The smallest absolute Gasteiger partial charge is 0.196 e. The molecule has 0 radical (unpaired) electrons. The molecule has 2 aliphatic rings. The molecule has 3 rings (SSSR count). The first-order valence-corrected chi connectivity index (χ1v) is 6.62. The highest BCUT2D eigenvalue weighted by molar-refractivity contribution is 6.28. The summed E-state index contributed by atoms with van der Waals surface area (Å²) in [4.78, 5) is 25.0. The molecular formula is C15H14O7. The van der Waals surface area contributed by atoms with Crippen molar-refractivity contribution in [2.45, 2.75) is 31.2 Å². The first-order valence-electron chi connectivity index (χ1n) is 6.62. The Hall–Kier alpha value is -2.22. The number of hydrogen-bond donors (Lipinski definition) is 5. The van der Waals surface area contributed by atoms with Crippen molar-refractivity contribution >= 4 is 11.6 Å². The van der Waals surface area contributed by atoms with E-state index in [1.807, 2.05) is 0 Å². The third-order valence-corrected chi connectivity index (χ3v) is 4.18. The van der Waals surface area contributed by atoms with Gasteiger partial charge in [-0.15, -0.1) is 0 Å². The molecule has 0 bridgehead atoms. The van der Waals surface area contributed by atoms with E-state index in [-0.39, 0.29) is 34.4 Å². The number of aromatic hydroxyl groups is 2. The molecule has 0 unspecified atom stereocenters. The van der Waals surface area contributed by atoms with Crippen LogP contribution in [-0.2, 0) is 0 Å². The van der Waals surface area contributed by atoms with E-state index in [1.165, 1.54) is 6.92 Å². The number of aliphatic hydroxyl groups is 3. The van der Waals surface area contributed by atoms with Crippen LogP contribution < -0.4 is 0 Å². The van der Waals surface area contributed by atoms with E-state index in [2.05, 4.69) is 0 Å². The molecule has 22 heavy (non-hydrogen) atoms. The van der Waals surface area contributed by atoms with Gasteiger partial charge >= 0.3 is 0 Å². The van der Waals surface area contributed by atoms with Crippen LogP contribution in [0, 0.1) is 0 Å². The summed E-state index contributed by atoms with van der Waals surface area (Å²) in [6, 6.07) is 1.96. The van der Waals surface area contributed by atoms with Crippen LogP contribution in [0.1, 0.15) is 34.1 Å². The molecule has 3 atom stereocenters. The second-order valence-electron chi connectivity index (χ2n) is 5.86. The molecule has 7 heteroatoms. The van der Waals surface area contributed by atoms with Crippen molar-refractivity contribution < 1.29 is 35.1 Å². The summed E-state index contributed by atoms with van der Waals surface area (Å²) >= 11 is 0. The quantitative estimate of drug-likeness (QED) is 0.442. The molecule has 0 heterocycles.